The second-order valence-corrected chi connectivity index (χ2v) is 5.34. The molecule has 0 fully saturated rings. The molecule has 0 aliphatic heterocycles. The molecule has 1 amide bonds. The summed E-state index contributed by atoms with van der Waals surface area (Å²) in [6.45, 7) is 0. The Balaban J connectivity index is 2.25. The van der Waals surface area contributed by atoms with Crippen LogP contribution in [0, 0.1) is 0 Å². The summed E-state index contributed by atoms with van der Waals surface area (Å²) in [5.41, 5.74) is 0.820. The van der Waals surface area contributed by atoms with Gasteiger partial charge in [-0.3, -0.25) is 4.79 Å². The highest BCUT2D eigenvalue weighted by molar-refractivity contribution is 9.10. The van der Waals surface area contributed by atoms with Crippen LogP contribution in [0.2, 0.25) is 10.2 Å². The molecule has 0 atom stereocenters. The number of halogens is 3. The number of carbonyl (C=O) groups excluding carboxylic acids is 1. The zero-order chi connectivity index (χ0) is 14.0. The molecule has 0 saturated carbocycles. The van der Waals surface area contributed by atoms with Gasteiger partial charge in [0.15, 0.2) is 0 Å². The quantitative estimate of drug-likeness (QED) is 0.851. The SMILES string of the molecule is COc1ccc(Br)cc1NC(=O)c1cc(Cl)c(Cl)[nH]1. The Morgan fingerprint density at radius 2 is 2.11 bits per heavy atom. The van der Waals surface area contributed by atoms with Crippen molar-refractivity contribution in [3.05, 3.63) is 44.6 Å². The Morgan fingerprint density at radius 1 is 1.37 bits per heavy atom. The van der Waals surface area contributed by atoms with E-state index < -0.39 is 0 Å². The number of ether oxygens (including phenoxy) is 1. The van der Waals surface area contributed by atoms with E-state index in [9.17, 15) is 4.79 Å². The number of methoxy groups -OCH3 is 1. The second kappa shape index (κ2) is 5.86. The number of H-pyrrole nitrogens is 1. The van der Waals surface area contributed by atoms with Gasteiger partial charge in [0.2, 0.25) is 0 Å². The standard InChI is InChI=1S/C12H9BrCl2N2O2/c1-19-10-3-2-6(13)4-8(10)17-12(18)9-5-7(14)11(15)16-9/h2-5,16H,1H3,(H,17,18). The number of carbonyl (C=O) groups is 1. The van der Waals surface area contributed by atoms with Crippen LogP contribution in [0.3, 0.4) is 0 Å². The highest BCUT2D eigenvalue weighted by Gasteiger charge is 2.14. The van der Waals surface area contributed by atoms with Gasteiger partial charge in [-0.25, -0.2) is 0 Å². The fourth-order valence-electron chi connectivity index (χ4n) is 1.49. The minimum absolute atomic E-state index is 0.230. The lowest BCUT2D eigenvalue weighted by Gasteiger charge is -2.09. The van der Waals surface area contributed by atoms with Gasteiger partial charge in [-0.05, 0) is 24.3 Å². The van der Waals surface area contributed by atoms with Gasteiger partial charge in [-0.1, -0.05) is 39.1 Å². The molecular weight excluding hydrogens is 355 g/mol. The molecule has 4 nitrogen and oxygen atoms in total. The number of aromatic amines is 1. The third-order valence-corrected chi connectivity index (χ3v) is 3.57. The zero-order valence-electron chi connectivity index (χ0n) is 9.76. The number of hydrogen-bond acceptors (Lipinski definition) is 2. The summed E-state index contributed by atoms with van der Waals surface area (Å²) in [4.78, 5) is 14.7. The molecule has 0 unspecified atom stereocenters. The van der Waals surface area contributed by atoms with E-state index in [0.717, 1.165) is 4.47 Å². The lowest BCUT2D eigenvalue weighted by Crippen LogP contribution is -2.13. The summed E-state index contributed by atoms with van der Waals surface area (Å²) in [7, 11) is 1.53. The molecule has 1 heterocycles. The molecule has 2 aromatic rings. The average Bonchev–Trinajstić information content (AvgIpc) is 2.70. The minimum Gasteiger partial charge on any atom is -0.495 e. The van der Waals surface area contributed by atoms with E-state index in [1.165, 1.54) is 13.2 Å². The van der Waals surface area contributed by atoms with E-state index in [4.69, 9.17) is 27.9 Å². The summed E-state index contributed by atoms with van der Waals surface area (Å²) in [6.07, 6.45) is 0. The van der Waals surface area contributed by atoms with E-state index >= 15 is 0 Å². The van der Waals surface area contributed by atoms with Crippen LogP contribution in [0.15, 0.2) is 28.7 Å². The number of amides is 1. The molecule has 2 rings (SSSR count). The van der Waals surface area contributed by atoms with Gasteiger partial charge in [0.25, 0.3) is 5.91 Å². The first kappa shape index (κ1) is 14.2. The average molecular weight is 364 g/mol. The lowest BCUT2D eigenvalue weighted by atomic mass is 10.3. The molecular formula is C12H9BrCl2N2O2. The molecule has 2 N–H and O–H groups in total. The third kappa shape index (κ3) is 3.23. The van der Waals surface area contributed by atoms with E-state index in [-0.39, 0.29) is 16.8 Å². The minimum atomic E-state index is -0.356. The number of nitrogens with one attached hydrogen (secondary N) is 2. The molecule has 7 heteroatoms. The van der Waals surface area contributed by atoms with Gasteiger partial charge in [0.05, 0.1) is 17.8 Å². The topological polar surface area (TPSA) is 54.1 Å². The summed E-state index contributed by atoms with van der Waals surface area (Å²) in [5.74, 6) is 0.200. The maximum Gasteiger partial charge on any atom is 0.272 e. The highest BCUT2D eigenvalue weighted by Crippen LogP contribution is 2.29. The Hall–Kier alpha value is -1.17. The first-order valence-electron chi connectivity index (χ1n) is 5.20. The number of benzene rings is 1. The third-order valence-electron chi connectivity index (χ3n) is 2.38. The largest absolute Gasteiger partial charge is 0.495 e. The maximum atomic E-state index is 12.0. The van der Waals surface area contributed by atoms with Gasteiger partial charge in [0.1, 0.15) is 16.6 Å². The van der Waals surface area contributed by atoms with Crippen molar-refractivity contribution < 1.29 is 9.53 Å². The number of anilines is 1. The van der Waals surface area contributed by atoms with Crippen LogP contribution in [-0.4, -0.2) is 18.0 Å². The fraction of sp³-hybridized carbons (Fsp3) is 0.0833. The van der Waals surface area contributed by atoms with Gasteiger partial charge in [-0.2, -0.15) is 0 Å². The first-order chi connectivity index (χ1) is 9.01. The fourth-order valence-corrected chi connectivity index (χ4v) is 2.17. The predicted molar refractivity (Wildman–Crippen MR) is 79.5 cm³/mol. The van der Waals surface area contributed by atoms with Gasteiger partial charge >= 0.3 is 0 Å². The normalized spacial score (nSPS) is 10.3. The molecule has 0 aliphatic carbocycles. The van der Waals surface area contributed by atoms with Crippen molar-refractivity contribution in [3.8, 4) is 5.75 Å². The molecule has 0 bridgehead atoms. The second-order valence-electron chi connectivity index (χ2n) is 3.64. The Kier molecular flexibility index (Phi) is 4.39. The molecule has 1 aromatic carbocycles. The molecule has 0 aliphatic rings. The molecule has 0 saturated heterocycles. The Bertz CT molecular complexity index is 609. The van der Waals surface area contributed by atoms with Crippen LogP contribution in [0.4, 0.5) is 5.69 Å². The van der Waals surface area contributed by atoms with E-state index in [1.807, 2.05) is 6.07 Å². The molecule has 0 radical (unpaired) electrons. The summed E-state index contributed by atoms with van der Waals surface area (Å²) >= 11 is 14.9. The molecule has 100 valence electrons. The van der Waals surface area contributed by atoms with Crippen molar-refractivity contribution in [2.45, 2.75) is 0 Å². The van der Waals surface area contributed by atoms with Crippen LogP contribution in [0.5, 0.6) is 5.75 Å². The smallest absolute Gasteiger partial charge is 0.272 e. The Morgan fingerprint density at radius 3 is 2.68 bits per heavy atom. The van der Waals surface area contributed by atoms with Crippen LogP contribution in [0.1, 0.15) is 10.5 Å². The molecule has 19 heavy (non-hydrogen) atoms. The van der Waals surface area contributed by atoms with E-state index in [1.54, 1.807) is 12.1 Å². The van der Waals surface area contributed by atoms with Crippen LogP contribution >= 0.6 is 39.1 Å². The van der Waals surface area contributed by atoms with Crippen molar-refractivity contribution in [3.63, 3.8) is 0 Å². The summed E-state index contributed by atoms with van der Waals surface area (Å²) < 4.78 is 5.99. The maximum absolute atomic E-state index is 12.0. The van der Waals surface area contributed by atoms with Crippen molar-refractivity contribution in [1.82, 2.24) is 4.98 Å². The number of hydrogen-bond donors (Lipinski definition) is 2. The van der Waals surface area contributed by atoms with Gasteiger partial charge in [-0.15, -0.1) is 0 Å². The predicted octanol–water partition coefficient (Wildman–Crippen LogP) is 4.34. The van der Waals surface area contributed by atoms with E-state index in [0.29, 0.717) is 16.5 Å². The first-order valence-corrected chi connectivity index (χ1v) is 6.75. The molecule has 1 aromatic heterocycles. The summed E-state index contributed by atoms with van der Waals surface area (Å²) in [5, 5.41) is 3.25. The van der Waals surface area contributed by atoms with Gasteiger partial charge < -0.3 is 15.0 Å². The van der Waals surface area contributed by atoms with E-state index in [2.05, 4.69) is 26.2 Å². The van der Waals surface area contributed by atoms with Crippen molar-refractivity contribution >= 4 is 50.7 Å². The van der Waals surface area contributed by atoms with Crippen LogP contribution < -0.4 is 10.1 Å². The van der Waals surface area contributed by atoms with Crippen LogP contribution in [0.25, 0.3) is 0 Å². The molecule has 0 spiro atoms. The zero-order valence-corrected chi connectivity index (χ0v) is 12.9. The number of rotatable bonds is 3. The van der Waals surface area contributed by atoms with Crippen molar-refractivity contribution in [1.29, 1.82) is 0 Å². The highest BCUT2D eigenvalue weighted by atomic mass is 79.9. The summed E-state index contributed by atoms with van der Waals surface area (Å²) in [6, 6.07) is 6.76. The van der Waals surface area contributed by atoms with Crippen molar-refractivity contribution in [2.24, 2.45) is 0 Å². The van der Waals surface area contributed by atoms with Gasteiger partial charge in [0, 0.05) is 4.47 Å². The lowest BCUT2D eigenvalue weighted by molar-refractivity contribution is 0.102. The van der Waals surface area contributed by atoms with Crippen LogP contribution in [-0.2, 0) is 0 Å². The number of aromatic nitrogens is 1. The monoisotopic (exact) mass is 362 g/mol. The Labute approximate surface area is 128 Å². The van der Waals surface area contributed by atoms with Crippen molar-refractivity contribution in [2.75, 3.05) is 12.4 Å².